The van der Waals surface area contributed by atoms with Gasteiger partial charge < -0.3 is 15.1 Å². The van der Waals surface area contributed by atoms with E-state index < -0.39 is 10.0 Å². The van der Waals surface area contributed by atoms with Crippen molar-refractivity contribution >= 4 is 56.0 Å². The second kappa shape index (κ2) is 11.6. The van der Waals surface area contributed by atoms with E-state index in [4.69, 9.17) is 0 Å². The third-order valence-corrected chi connectivity index (χ3v) is 9.70. The Bertz CT molecular complexity index is 1650. The van der Waals surface area contributed by atoms with E-state index in [9.17, 15) is 18.0 Å². The van der Waals surface area contributed by atoms with Gasteiger partial charge in [-0.3, -0.25) is 9.59 Å². The summed E-state index contributed by atoms with van der Waals surface area (Å²) < 4.78 is 28.3. The van der Waals surface area contributed by atoms with E-state index in [0.29, 0.717) is 35.0 Å². The molecule has 0 bridgehead atoms. The molecule has 2 heterocycles. The molecule has 3 aromatic carbocycles. The van der Waals surface area contributed by atoms with Gasteiger partial charge in [-0.15, -0.1) is 3.97 Å². The van der Waals surface area contributed by atoms with E-state index in [0.717, 1.165) is 30.5 Å². The Hall–Kier alpha value is -3.83. The molecule has 0 spiro atoms. The number of aromatic amines is 1. The van der Waals surface area contributed by atoms with E-state index in [1.165, 1.54) is 3.97 Å². The smallest absolute Gasteiger partial charge is 0.336 e. The summed E-state index contributed by atoms with van der Waals surface area (Å²) >= 11 is 1.13. The number of anilines is 2. The monoisotopic (exact) mass is 592 g/mol. The van der Waals surface area contributed by atoms with Gasteiger partial charge in [0.25, 0.3) is 0 Å². The number of hydrogen-bond acceptors (Lipinski definition) is 6. The summed E-state index contributed by atoms with van der Waals surface area (Å²) in [5.74, 6) is -0.0640. The number of carbonyl (C=O) groups excluding carboxylic acids is 2. The second-order valence-electron chi connectivity index (χ2n) is 10.9. The van der Waals surface area contributed by atoms with Crippen LogP contribution in [0.2, 0.25) is 0 Å². The molecule has 1 aliphatic rings. The molecule has 0 radical (unpaired) electrons. The number of benzene rings is 3. The molecule has 11 heteroatoms. The molecule has 41 heavy (non-hydrogen) atoms. The molecule has 0 unspecified atom stereocenters. The van der Waals surface area contributed by atoms with Crippen LogP contribution in [0.25, 0.3) is 11.0 Å². The van der Waals surface area contributed by atoms with Crippen LogP contribution in [0.1, 0.15) is 20.8 Å². The number of hydrogen-bond donors (Lipinski definition) is 2. The van der Waals surface area contributed by atoms with Crippen molar-refractivity contribution in [1.82, 2.24) is 9.88 Å². The van der Waals surface area contributed by atoms with E-state index in [1.54, 1.807) is 48.5 Å². The van der Waals surface area contributed by atoms with E-state index in [-0.39, 0.29) is 27.9 Å². The number of nitrogens with one attached hydrogen (secondary N) is 2. The number of thioether (sulfide) groups is 1. The fraction of sp³-hybridized carbons (Fsp3) is 0.300. The number of fused-ring (bicyclic) bond motifs is 1. The van der Waals surface area contributed by atoms with Crippen molar-refractivity contribution in [1.29, 1.82) is 0 Å². The Morgan fingerprint density at radius 1 is 0.902 bits per heavy atom. The minimum absolute atomic E-state index is 0.0165. The minimum atomic E-state index is -3.88. The third kappa shape index (κ3) is 6.25. The molecule has 1 fully saturated rings. The van der Waals surface area contributed by atoms with Crippen LogP contribution in [0.5, 0.6) is 0 Å². The number of amides is 2. The van der Waals surface area contributed by atoms with Gasteiger partial charge in [-0.1, -0.05) is 51.1 Å². The Kier molecular flexibility index (Phi) is 8.10. The SMILES string of the molecule is CC(C)(C)C(=O)N1CCN(c2ccc(NC(=O)CSc3[nH]c4ccccc4[n+]3S(=O)(=O)c3ccccc3)cc2)CC1. The molecule has 2 N–H and O–H groups in total. The third-order valence-electron chi connectivity index (χ3n) is 6.90. The molecule has 0 saturated carbocycles. The van der Waals surface area contributed by atoms with Gasteiger partial charge in [-0.25, -0.2) is 4.98 Å². The van der Waals surface area contributed by atoms with Crippen LogP contribution in [0.15, 0.2) is 88.9 Å². The molecule has 1 aromatic heterocycles. The van der Waals surface area contributed by atoms with Crippen molar-refractivity contribution in [2.45, 2.75) is 30.8 Å². The minimum Gasteiger partial charge on any atom is -0.368 e. The van der Waals surface area contributed by atoms with Crippen LogP contribution in [0.3, 0.4) is 0 Å². The zero-order valence-corrected chi connectivity index (χ0v) is 25.0. The van der Waals surface area contributed by atoms with Gasteiger partial charge in [0, 0.05) is 43.0 Å². The van der Waals surface area contributed by atoms with Gasteiger partial charge in [-0.2, -0.15) is 8.42 Å². The lowest BCUT2D eigenvalue weighted by atomic mass is 9.94. The number of aromatic nitrogens is 2. The maximum absolute atomic E-state index is 13.5. The summed E-state index contributed by atoms with van der Waals surface area (Å²) in [4.78, 5) is 32.9. The highest BCUT2D eigenvalue weighted by atomic mass is 32.2. The van der Waals surface area contributed by atoms with Crippen molar-refractivity contribution in [3.63, 3.8) is 0 Å². The largest absolute Gasteiger partial charge is 0.368 e. The molecule has 9 nitrogen and oxygen atoms in total. The van der Waals surface area contributed by atoms with E-state index in [1.807, 2.05) is 56.0 Å². The first-order valence-electron chi connectivity index (χ1n) is 13.4. The lowest BCUT2D eigenvalue weighted by Gasteiger charge is -2.38. The molecule has 1 aliphatic heterocycles. The highest BCUT2D eigenvalue weighted by molar-refractivity contribution is 8.00. The fourth-order valence-electron chi connectivity index (χ4n) is 4.79. The van der Waals surface area contributed by atoms with Crippen molar-refractivity contribution in [2.24, 2.45) is 5.41 Å². The van der Waals surface area contributed by atoms with E-state index in [2.05, 4.69) is 15.2 Å². The molecule has 2 amide bonds. The maximum atomic E-state index is 13.5. The van der Waals surface area contributed by atoms with Gasteiger partial charge in [0.2, 0.25) is 11.8 Å². The van der Waals surface area contributed by atoms with Crippen LogP contribution in [-0.2, 0) is 19.6 Å². The summed E-state index contributed by atoms with van der Waals surface area (Å²) in [5.41, 5.74) is 2.48. The number of imidazole rings is 1. The first-order chi connectivity index (χ1) is 19.5. The standard InChI is InChI=1S/C30H33N5O4S2/c1-30(2,3)28(37)34-19-17-33(18-20-34)23-15-13-22(14-16-23)31-27(36)21-40-29-32-25-11-7-8-12-26(25)35(29)41(38,39)24-9-5-4-6-10-24/h4-16H,17-21H2,1-3H3,(H,31,36)/p+1. The topological polar surface area (TPSA) is 106 Å². The lowest BCUT2D eigenvalue weighted by Crippen LogP contribution is -2.51. The van der Waals surface area contributed by atoms with Gasteiger partial charge in [0.05, 0.1) is 5.75 Å². The summed E-state index contributed by atoms with van der Waals surface area (Å²) in [7, 11) is -3.88. The Labute approximate surface area is 244 Å². The first-order valence-corrected chi connectivity index (χ1v) is 15.9. The van der Waals surface area contributed by atoms with Gasteiger partial charge in [-0.05, 0) is 60.3 Å². The van der Waals surface area contributed by atoms with Gasteiger partial charge >= 0.3 is 15.2 Å². The van der Waals surface area contributed by atoms with Gasteiger partial charge in [0.15, 0.2) is 11.0 Å². The Morgan fingerprint density at radius 3 is 2.20 bits per heavy atom. The molecule has 4 aromatic rings. The lowest BCUT2D eigenvalue weighted by molar-refractivity contribution is -0.526. The number of piperazine rings is 1. The zero-order chi connectivity index (χ0) is 29.2. The van der Waals surface area contributed by atoms with Crippen LogP contribution < -0.4 is 14.2 Å². The highest BCUT2D eigenvalue weighted by Gasteiger charge is 2.32. The molecule has 1 saturated heterocycles. The maximum Gasteiger partial charge on any atom is 0.336 e. The van der Waals surface area contributed by atoms with Crippen molar-refractivity contribution < 1.29 is 22.0 Å². The van der Waals surface area contributed by atoms with Crippen molar-refractivity contribution in [2.75, 3.05) is 42.1 Å². The quantitative estimate of drug-likeness (QED) is 0.247. The summed E-state index contributed by atoms with van der Waals surface area (Å²) in [6.07, 6.45) is 0. The van der Waals surface area contributed by atoms with Crippen LogP contribution in [0, 0.1) is 5.41 Å². The number of para-hydroxylation sites is 2. The number of carbonyl (C=O) groups is 2. The summed E-state index contributed by atoms with van der Waals surface area (Å²) in [6.45, 7) is 8.69. The number of nitrogens with zero attached hydrogens (tertiary/aromatic N) is 3. The predicted octanol–water partition coefficient (Wildman–Crippen LogP) is 4.12. The molecule has 214 valence electrons. The summed E-state index contributed by atoms with van der Waals surface area (Å²) in [6, 6.07) is 23.0. The van der Waals surface area contributed by atoms with Crippen LogP contribution in [0.4, 0.5) is 11.4 Å². The molecular formula is C30H34N5O4S2+. The molecular weight excluding hydrogens is 558 g/mol. The second-order valence-corrected chi connectivity index (χ2v) is 13.7. The Balaban J connectivity index is 1.23. The fourth-order valence-corrected chi connectivity index (χ4v) is 7.38. The first kappa shape index (κ1) is 28.7. The highest BCUT2D eigenvalue weighted by Crippen LogP contribution is 2.24. The molecule has 5 rings (SSSR count). The molecule has 0 atom stereocenters. The van der Waals surface area contributed by atoms with Crippen LogP contribution >= 0.6 is 11.8 Å². The zero-order valence-electron chi connectivity index (χ0n) is 23.3. The average molecular weight is 593 g/mol. The van der Waals surface area contributed by atoms with E-state index >= 15 is 0 Å². The number of rotatable bonds is 7. The van der Waals surface area contributed by atoms with Crippen LogP contribution in [-0.4, -0.2) is 62.0 Å². The van der Waals surface area contributed by atoms with Gasteiger partial charge in [0.1, 0.15) is 4.90 Å². The van der Waals surface area contributed by atoms with Crippen molar-refractivity contribution in [3.8, 4) is 0 Å². The average Bonchev–Trinajstić information content (AvgIpc) is 3.35. The number of H-pyrrole nitrogens is 1. The normalized spacial score (nSPS) is 14.3. The Morgan fingerprint density at radius 2 is 1.54 bits per heavy atom. The summed E-state index contributed by atoms with van der Waals surface area (Å²) in [5, 5.41) is 3.25. The predicted molar refractivity (Wildman–Crippen MR) is 162 cm³/mol. The van der Waals surface area contributed by atoms with Crippen molar-refractivity contribution in [3.05, 3.63) is 78.9 Å². The molecule has 0 aliphatic carbocycles.